The highest BCUT2D eigenvalue weighted by Gasteiger charge is 2.10. The van der Waals surface area contributed by atoms with Gasteiger partial charge in [0, 0.05) is 6.61 Å². The summed E-state index contributed by atoms with van der Waals surface area (Å²) in [5.74, 6) is 0. The molecule has 0 atom stereocenters. The summed E-state index contributed by atoms with van der Waals surface area (Å²) in [7, 11) is 0. The predicted octanol–water partition coefficient (Wildman–Crippen LogP) is 10.7. The lowest BCUT2D eigenvalue weighted by atomic mass is 9.99. The average Bonchev–Trinajstić information content (AvgIpc) is 2.84. The minimum atomic E-state index is -0.0399. The second-order valence-electron chi connectivity index (χ2n) is 11.4. The molecule has 0 heterocycles. The molecule has 1 fully saturated rings. The van der Waals surface area contributed by atoms with E-state index in [0.29, 0.717) is 6.10 Å². The molecule has 0 aromatic carbocycles. The van der Waals surface area contributed by atoms with Gasteiger partial charge in [-0.2, -0.15) is 0 Å². The molecule has 34 heavy (non-hydrogen) atoms. The molecule has 204 valence electrons. The van der Waals surface area contributed by atoms with Crippen molar-refractivity contribution in [1.29, 1.82) is 0 Å². The monoisotopic (exact) mass is 480 g/mol. The minimum Gasteiger partial charge on any atom is -0.393 e. The molecule has 0 aliphatic heterocycles. The van der Waals surface area contributed by atoms with Crippen LogP contribution >= 0.6 is 0 Å². The van der Waals surface area contributed by atoms with Gasteiger partial charge in [0.2, 0.25) is 0 Å². The molecular weight excluding hydrogens is 416 g/mol. The quantitative estimate of drug-likeness (QED) is 0.250. The average molecular weight is 481 g/mol. The van der Waals surface area contributed by atoms with Crippen LogP contribution < -0.4 is 0 Å². The van der Waals surface area contributed by atoms with Gasteiger partial charge in [0.15, 0.2) is 0 Å². The number of hydrogen-bond donors (Lipinski definition) is 1. The van der Waals surface area contributed by atoms with Gasteiger partial charge >= 0.3 is 0 Å². The topological polar surface area (TPSA) is 29.5 Å². The maximum Gasteiger partial charge on any atom is 0.0575 e. The van der Waals surface area contributed by atoms with Crippen LogP contribution in [0.5, 0.6) is 0 Å². The smallest absolute Gasteiger partial charge is 0.0575 e. The number of aliphatic hydroxyl groups excluding tert-OH is 1. The SMILES string of the molecule is CCCCCCCCCCCCCCOC1CCCCCCCCC(O)CCCCCCCC1. The van der Waals surface area contributed by atoms with E-state index in [0.717, 1.165) is 19.4 Å². The van der Waals surface area contributed by atoms with Crippen LogP contribution in [0, 0.1) is 0 Å². The maximum atomic E-state index is 10.1. The number of unbranched alkanes of at least 4 members (excludes halogenated alkanes) is 11. The lowest BCUT2D eigenvalue weighted by Gasteiger charge is -2.18. The molecule has 0 radical (unpaired) electrons. The standard InChI is InChI=1S/C32H64O2/c1-2-3-4-5-6-7-8-9-10-15-20-25-30-34-32-28-23-18-13-11-16-21-26-31(33)27-22-17-12-14-19-24-29-32/h31-33H,2-30H2,1H3. The van der Waals surface area contributed by atoms with E-state index in [1.807, 2.05) is 0 Å². The number of hydrogen-bond acceptors (Lipinski definition) is 2. The third kappa shape index (κ3) is 22.4. The molecule has 0 bridgehead atoms. The van der Waals surface area contributed by atoms with Crippen LogP contribution in [0.25, 0.3) is 0 Å². The molecule has 0 aromatic heterocycles. The van der Waals surface area contributed by atoms with E-state index < -0.39 is 0 Å². The van der Waals surface area contributed by atoms with E-state index in [9.17, 15) is 5.11 Å². The molecular formula is C32H64O2. The second-order valence-corrected chi connectivity index (χ2v) is 11.4. The number of aliphatic hydroxyl groups is 1. The van der Waals surface area contributed by atoms with Crippen molar-refractivity contribution in [1.82, 2.24) is 0 Å². The number of rotatable bonds is 14. The molecule has 0 amide bonds. The maximum absolute atomic E-state index is 10.1. The molecule has 1 aliphatic rings. The van der Waals surface area contributed by atoms with Gasteiger partial charge in [0.1, 0.15) is 0 Å². The lowest BCUT2D eigenvalue weighted by Crippen LogP contribution is -2.14. The first-order valence-electron chi connectivity index (χ1n) is 16.1. The molecule has 1 saturated carbocycles. The normalized spacial score (nSPS) is 22.8. The Labute approximate surface area is 215 Å². The summed E-state index contributed by atoms with van der Waals surface area (Å²) in [5.41, 5.74) is 0. The van der Waals surface area contributed by atoms with Gasteiger partial charge in [0.25, 0.3) is 0 Å². The Morgan fingerprint density at radius 2 is 0.824 bits per heavy atom. The molecule has 0 aromatic rings. The van der Waals surface area contributed by atoms with Gasteiger partial charge in [-0.3, -0.25) is 0 Å². The minimum absolute atomic E-state index is 0.0399. The fraction of sp³-hybridized carbons (Fsp3) is 1.00. The van der Waals surface area contributed by atoms with Crippen molar-refractivity contribution >= 4 is 0 Å². The molecule has 0 spiro atoms. The van der Waals surface area contributed by atoms with Gasteiger partial charge in [-0.25, -0.2) is 0 Å². The summed E-state index contributed by atoms with van der Waals surface area (Å²) in [4.78, 5) is 0. The summed E-state index contributed by atoms with van der Waals surface area (Å²) in [6, 6.07) is 0. The first-order valence-corrected chi connectivity index (χ1v) is 16.1. The van der Waals surface area contributed by atoms with Crippen molar-refractivity contribution in [2.75, 3.05) is 6.61 Å². The van der Waals surface area contributed by atoms with E-state index in [4.69, 9.17) is 4.74 Å². The Hall–Kier alpha value is -0.0800. The van der Waals surface area contributed by atoms with E-state index in [1.54, 1.807) is 0 Å². The van der Waals surface area contributed by atoms with E-state index >= 15 is 0 Å². The highest BCUT2D eigenvalue weighted by atomic mass is 16.5. The van der Waals surface area contributed by atoms with Crippen LogP contribution in [-0.4, -0.2) is 23.9 Å². The Balaban J connectivity index is 2.07. The summed E-state index contributed by atoms with van der Waals surface area (Å²) in [5, 5.41) is 10.1. The van der Waals surface area contributed by atoms with Crippen molar-refractivity contribution in [2.45, 2.75) is 199 Å². The zero-order valence-corrected chi connectivity index (χ0v) is 23.5. The van der Waals surface area contributed by atoms with E-state index in [-0.39, 0.29) is 6.10 Å². The van der Waals surface area contributed by atoms with E-state index in [2.05, 4.69) is 6.92 Å². The lowest BCUT2D eigenvalue weighted by molar-refractivity contribution is 0.0357. The van der Waals surface area contributed by atoms with Crippen molar-refractivity contribution in [3.05, 3.63) is 0 Å². The molecule has 2 nitrogen and oxygen atoms in total. The van der Waals surface area contributed by atoms with Crippen LogP contribution in [-0.2, 0) is 4.74 Å². The third-order valence-electron chi connectivity index (χ3n) is 7.98. The predicted molar refractivity (Wildman–Crippen MR) is 151 cm³/mol. The van der Waals surface area contributed by atoms with Gasteiger partial charge in [-0.15, -0.1) is 0 Å². The van der Waals surface area contributed by atoms with Crippen molar-refractivity contribution in [2.24, 2.45) is 0 Å². The Kier molecular flexibility index (Phi) is 24.4. The van der Waals surface area contributed by atoms with E-state index in [1.165, 1.54) is 167 Å². The Morgan fingerprint density at radius 3 is 1.26 bits per heavy atom. The van der Waals surface area contributed by atoms with Crippen LogP contribution in [0.2, 0.25) is 0 Å². The zero-order valence-electron chi connectivity index (χ0n) is 23.5. The van der Waals surface area contributed by atoms with Crippen LogP contribution in [0.15, 0.2) is 0 Å². The van der Waals surface area contributed by atoms with Crippen LogP contribution in [0.3, 0.4) is 0 Å². The van der Waals surface area contributed by atoms with Crippen LogP contribution in [0.4, 0.5) is 0 Å². The fourth-order valence-electron chi connectivity index (χ4n) is 5.57. The van der Waals surface area contributed by atoms with Gasteiger partial charge in [-0.05, 0) is 32.1 Å². The molecule has 1 N–H and O–H groups in total. The van der Waals surface area contributed by atoms with Crippen molar-refractivity contribution in [3.8, 4) is 0 Å². The first kappa shape index (κ1) is 31.9. The first-order chi connectivity index (χ1) is 16.8. The van der Waals surface area contributed by atoms with Gasteiger partial charge in [0.05, 0.1) is 12.2 Å². The van der Waals surface area contributed by atoms with Gasteiger partial charge in [-0.1, -0.05) is 155 Å². The van der Waals surface area contributed by atoms with Crippen molar-refractivity contribution < 1.29 is 9.84 Å². The number of ether oxygens (including phenoxy) is 1. The second kappa shape index (κ2) is 26.0. The summed E-state index contributed by atoms with van der Waals surface area (Å²) >= 11 is 0. The third-order valence-corrected chi connectivity index (χ3v) is 7.98. The Bertz CT molecular complexity index is 363. The zero-order chi connectivity index (χ0) is 24.4. The summed E-state index contributed by atoms with van der Waals surface area (Å²) in [6.07, 6.45) is 37.9. The summed E-state index contributed by atoms with van der Waals surface area (Å²) < 4.78 is 6.40. The molecule has 1 aliphatic carbocycles. The highest BCUT2D eigenvalue weighted by Crippen LogP contribution is 2.19. The molecule has 2 heteroatoms. The highest BCUT2D eigenvalue weighted by molar-refractivity contribution is 4.62. The van der Waals surface area contributed by atoms with Gasteiger partial charge < -0.3 is 9.84 Å². The van der Waals surface area contributed by atoms with Crippen LogP contribution in [0.1, 0.15) is 187 Å². The molecule has 1 rings (SSSR count). The largest absolute Gasteiger partial charge is 0.393 e. The van der Waals surface area contributed by atoms with Crippen molar-refractivity contribution in [3.63, 3.8) is 0 Å². The molecule has 0 unspecified atom stereocenters. The Morgan fingerprint density at radius 1 is 0.471 bits per heavy atom. The summed E-state index contributed by atoms with van der Waals surface area (Å²) in [6.45, 7) is 3.29. The fourth-order valence-corrected chi connectivity index (χ4v) is 5.57. The molecule has 0 saturated heterocycles.